The third-order valence-electron chi connectivity index (χ3n) is 3.08. The zero-order valence-corrected chi connectivity index (χ0v) is 13.4. The third-order valence-corrected chi connectivity index (χ3v) is 4.83. The normalized spacial score (nSPS) is 11.2. The standard InChI is InChI=1S/C15H13Cl2N3S/c16-11-5-4-10(9-12(11)17)21-15-13(6-7-18)20-8-2-1-3-14(20)19-15/h1-5,8-9H,6-7,18H2. The van der Waals surface area contributed by atoms with E-state index < -0.39 is 0 Å². The molecule has 21 heavy (non-hydrogen) atoms. The number of rotatable bonds is 4. The molecule has 2 N–H and O–H groups in total. The van der Waals surface area contributed by atoms with Gasteiger partial charge in [0, 0.05) is 17.5 Å². The minimum Gasteiger partial charge on any atom is -0.330 e. The molecule has 0 aliphatic heterocycles. The van der Waals surface area contributed by atoms with Crippen LogP contribution in [0.4, 0.5) is 0 Å². The van der Waals surface area contributed by atoms with Crippen LogP contribution in [0.1, 0.15) is 5.69 Å². The van der Waals surface area contributed by atoms with E-state index in [1.807, 2.05) is 36.5 Å². The Labute approximate surface area is 137 Å². The van der Waals surface area contributed by atoms with Gasteiger partial charge >= 0.3 is 0 Å². The van der Waals surface area contributed by atoms with E-state index in [-0.39, 0.29) is 0 Å². The summed E-state index contributed by atoms with van der Waals surface area (Å²) in [6.45, 7) is 0.581. The maximum atomic E-state index is 6.07. The summed E-state index contributed by atoms with van der Waals surface area (Å²) in [6, 6.07) is 11.5. The molecular formula is C15H13Cl2N3S. The molecule has 0 saturated heterocycles. The first-order valence-corrected chi connectivity index (χ1v) is 8.05. The van der Waals surface area contributed by atoms with Gasteiger partial charge in [-0.1, -0.05) is 41.0 Å². The Hall–Kier alpha value is -1.20. The predicted octanol–water partition coefficient (Wildman–Crippen LogP) is 4.29. The van der Waals surface area contributed by atoms with Crippen molar-refractivity contribution in [3.63, 3.8) is 0 Å². The molecule has 0 saturated carbocycles. The molecule has 3 aromatic rings. The molecule has 0 unspecified atom stereocenters. The van der Waals surface area contributed by atoms with Crippen molar-refractivity contribution in [1.82, 2.24) is 9.38 Å². The van der Waals surface area contributed by atoms with Crippen molar-refractivity contribution in [1.29, 1.82) is 0 Å². The fourth-order valence-electron chi connectivity index (χ4n) is 2.12. The monoisotopic (exact) mass is 337 g/mol. The van der Waals surface area contributed by atoms with Gasteiger partial charge in [0.2, 0.25) is 0 Å². The second kappa shape index (κ2) is 6.28. The van der Waals surface area contributed by atoms with E-state index in [0.717, 1.165) is 27.7 Å². The van der Waals surface area contributed by atoms with Gasteiger partial charge in [0.15, 0.2) is 0 Å². The second-order valence-corrected chi connectivity index (χ2v) is 6.39. The van der Waals surface area contributed by atoms with Crippen LogP contribution in [0.2, 0.25) is 10.0 Å². The van der Waals surface area contributed by atoms with E-state index in [2.05, 4.69) is 9.38 Å². The van der Waals surface area contributed by atoms with Gasteiger partial charge in [0.05, 0.1) is 15.7 Å². The number of fused-ring (bicyclic) bond motifs is 1. The van der Waals surface area contributed by atoms with Crippen LogP contribution in [-0.2, 0) is 6.42 Å². The average Bonchev–Trinajstić information content (AvgIpc) is 2.81. The van der Waals surface area contributed by atoms with Gasteiger partial charge < -0.3 is 10.1 Å². The fraction of sp³-hybridized carbons (Fsp3) is 0.133. The first-order chi connectivity index (χ1) is 10.2. The molecule has 0 fully saturated rings. The van der Waals surface area contributed by atoms with Crippen molar-refractivity contribution < 1.29 is 0 Å². The lowest BCUT2D eigenvalue weighted by molar-refractivity contribution is 0.876. The van der Waals surface area contributed by atoms with Gasteiger partial charge in [-0.25, -0.2) is 4.98 Å². The highest BCUT2D eigenvalue weighted by Crippen LogP contribution is 2.34. The van der Waals surface area contributed by atoms with Crippen LogP contribution in [0.3, 0.4) is 0 Å². The Kier molecular flexibility index (Phi) is 4.40. The number of hydrogen-bond donors (Lipinski definition) is 1. The van der Waals surface area contributed by atoms with E-state index in [0.29, 0.717) is 16.6 Å². The van der Waals surface area contributed by atoms with Crippen LogP contribution in [-0.4, -0.2) is 15.9 Å². The second-order valence-electron chi connectivity index (χ2n) is 4.51. The molecular weight excluding hydrogens is 325 g/mol. The zero-order chi connectivity index (χ0) is 14.8. The van der Waals surface area contributed by atoms with Gasteiger partial charge in [-0.2, -0.15) is 0 Å². The van der Waals surface area contributed by atoms with Crippen molar-refractivity contribution in [2.45, 2.75) is 16.3 Å². The Morgan fingerprint density at radius 1 is 1.14 bits per heavy atom. The van der Waals surface area contributed by atoms with E-state index in [9.17, 15) is 0 Å². The van der Waals surface area contributed by atoms with Gasteiger partial charge in [0.1, 0.15) is 10.7 Å². The summed E-state index contributed by atoms with van der Waals surface area (Å²) >= 11 is 13.6. The lowest BCUT2D eigenvalue weighted by Gasteiger charge is -2.04. The quantitative estimate of drug-likeness (QED) is 0.772. The number of pyridine rings is 1. The van der Waals surface area contributed by atoms with E-state index in [4.69, 9.17) is 28.9 Å². The maximum absolute atomic E-state index is 6.07. The predicted molar refractivity (Wildman–Crippen MR) is 88.5 cm³/mol. The summed E-state index contributed by atoms with van der Waals surface area (Å²) in [6.07, 6.45) is 2.78. The molecule has 0 radical (unpaired) electrons. The minimum absolute atomic E-state index is 0.547. The molecule has 0 amide bonds. The molecule has 0 aliphatic rings. The molecule has 0 aliphatic carbocycles. The number of nitrogens with zero attached hydrogens (tertiary/aromatic N) is 2. The number of aromatic nitrogens is 2. The number of hydrogen-bond acceptors (Lipinski definition) is 3. The average molecular weight is 338 g/mol. The smallest absolute Gasteiger partial charge is 0.138 e. The number of benzene rings is 1. The van der Waals surface area contributed by atoms with Gasteiger partial charge in [-0.15, -0.1) is 0 Å². The number of halogens is 2. The summed E-state index contributed by atoms with van der Waals surface area (Å²) in [5.74, 6) is 0. The lowest BCUT2D eigenvalue weighted by Crippen LogP contribution is -2.05. The zero-order valence-electron chi connectivity index (χ0n) is 11.1. The van der Waals surface area contributed by atoms with Crippen LogP contribution in [0.25, 0.3) is 5.65 Å². The molecule has 108 valence electrons. The van der Waals surface area contributed by atoms with E-state index >= 15 is 0 Å². The molecule has 0 bridgehead atoms. The lowest BCUT2D eigenvalue weighted by atomic mass is 10.3. The first kappa shape index (κ1) is 14.7. The Morgan fingerprint density at radius 2 is 2.00 bits per heavy atom. The highest BCUT2D eigenvalue weighted by atomic mass is 35.5. The maximum Gasteiger partial charge on any atom is 0.138 e. The summed E-state index contributed by atoms with van der Waals surface area (Å²) in [4.78, 5) is 5.68. The number of nitrogens with two attached hydrogens (primary N) is 1. The van der Waals surface area contributed by atoms with Gasteiger partial charge in [-0.05, 0) is 36.9 Å². The Morgan fingerprint density at radius 3 is 2.76 bits per heavy atom. The van der Waals surface area contributed by atoms with Crippen molar-refractivity contribution in [3.8, 4) is 0 Å². The fourth-order valence-corrected chi connectivity index (χ4v) is 3.48. The van der Waals surface area contributed by atoms with Crippen LogP contribution in [0, 0.1) is 0 Å². The highest BCUT2D eigenvalue weighted by molar-refractivity contribution is 7.99. The summed E-state index contributed by atoms with van der Waals surface area (Å²) in [7, 11) is 0. The van der Waals surface area contributed by atoms with Gasteiger partial charge in [-0.3, -0.25) is 0 Å². The van der Waals surface area contributed by atoms with E-state index in [1.165, 1.54) is 0 Å². The summed E-state index contributed by atoms with van der Waals surface area (Å²) < 4.78 is 2.08. The summed E-state index contributed by atoms with van der Waals surface area (Å²) in [5, 5.41) is 2.05. The Balaban J connectivity index is 2.02. The van der Waals surface area contributed by atoms with Crippen molar-refractivity contribution in [2.75, 3.05) is 6.54 Å². The van der Waals surface area contributed by atoms with Crippen molar-refractivity contribution in [2.24, 2.45) is 5.73 Å². The number of imidazole rings is 1. The molecule has 3 nitrogen and oxygen atoms in total. The third kappa shape index (κ3) is 3.04. The van der Waals surface area contributed by atoms with Gasteiger partial charge in [0.25, 0.3) is 0 Å². The molecule has 3 rings (SSSR count). The molecule has 0 spiro atoms. The van der Waals surface area contributed by atoms with E-state index in [1.54, 1.807) is 17.8 Å². The molecule has 1 aromatic carbocycles. The Bertz CT molecular complexity index is 786. The molecule has 2 aromatic heterocycles. The summed E-state index contributed by atoms with van der Waals surface area (Å²) in [5.41, 5.74) is 7.76. The van der Waals surface area contributed by atoms with Crippen LogP contribution in [0.5, 0.6) is 0 Å². The largest absolute Gasteiger partial charge is 0.330 e. The molecule has 0 atom stereocenters. The minimum atomic E-state index is 0.547. The topological polar surface area (TPSA) is 43.3 Å². The van der Waals surface area contributed by atoms with Crippen molar-refractivity contribution in [3.05, 3.63) is 58.3 Å². The SMILES string of the molecule is NCCc1c(Sc2ccc(Cl)c(Cl)c2)nc2ccccn12. The highest BCUT2D eigenvalue weighted by Gasteiger charge is 2.13. The van der Waals surface area contributed by atoms with Crippen LogP contribution in [0.15, 0.2) is 52.5 Å². The van der Waals surface area contributed by atoms with Crippen molar-refractivity contribution >= 4 is 40.6 Å². The van der Waals surface area contributed by atoms with Crippen LogP contribution < -0.4 is 5.73 Å². The first-order valence-electron chi connectivity index (χ1n) is 6.48. The van der Waals surface area contributed by atoms with Crippen LogP contribution >= 0.6 is 35.0 Å². The molecule has 2 heterocycles. The molecule has 6 heteroatoms.